The minimum absolute atomic E-state index is 0.0905. The zero-order valence-electron chi connectivity index (χ0n) is 13.7. The van der Waals surface area contributed by atoms with E-state index in [9.17, 15) is 13.2 Å². The molecule has 2 heterocycles. The van der Waals surface area contributed by atoms with Gasteiger partial charge < -0.3 is 25.1 Å². The number of hydrogen-bond donors (Lipinski definition) is 3. The van der Waals surface area contributed by atoms with Crippen molar-refractivity contribution in [1.29, 1.82) is 0 Å². The Morgan fingerprint density at radius 3 is 2.79 bits per heavy atom. The molecule has 1 aromatic rings. The topological polar surface area (TPSA) is 113 Å². The van der Waals surface area contributed by atoms with Crippen LogP contribution in [0.5, 0.6) is 0 Å². The molecular formula is C14H24N4O5S. The standard InChI is InChI=1S/C14H24N4O5S/c1-22-7-4-15-2-3-16-14(19)13-10-12(11-17-13)24(20,21)18-5-8-23-9-6-18/h10-11,15,17H,2-9H2,1H3,(H,16,19). The zero-order chi connectivity index (χ0) is 17.4. The summed E-state index contributed by atoms with van der Waals surface area (Å²) in [6, 6.07) is 1.36. The van der Waals surface area contributed by atoms with Gasteiger partial charge in [-0.2, -0.15) is 4.31 Å². The summed E-state index contributed by atoms with van der Waals surface area (Å²) >= 11 is 0. The zero-order valence-corrected chi connectivity index (χ0v) is 14.5. The molecule has 1 amide bonds. The summed E-state index contributed by atoms with van der Waals surface area (Å²) in [6.45, 7) is 3.76. The number of nitrogens with one attached hydrogen (secondary N) is 3. The summed E-state index contributed by atoms with van der Waals surface area (Å²) in [7, 11) is -1.97. The van der Waals surface area contributed by atoms with Crippen molar-refractivity contribution >= 4 is 15.9 Å². The highest BCUT2D eigenvalue weighted by molar-refractivity contribution is 7.89. The van der Waals surface area contributed by atoms with Crippen molar-refractivity contribution in [2.45, 2.75) is 4.90 Å². The van der Waals surface area contributed by atoms with Crippen LogP contribution in [-0.4, -0.2) is 83.3 Å². The molecule has 0 aliphatic carbocycles. The van der Waals surface area contributed by atoms with Gasteiger partial charge in [0.25, 0.3) is 5.91 Å². The minimum Gasteiger partial charge on any atom is -0.383 e. The second-order valence-corrected chi connectivity index (χ2v) is 7.20. The summed E-state index contributed by atoms with van der Waals surface area (Å²) in [6.07, 6.45) is 1.34. The molecule has 0 spiro atoms. The number of nitrogens with zero attached hydrogens (tertiary/aromatic N) is 1. The van der Waals surface area contributed by atoms with E-state index in [2.05, 4.69) is 15.6 Å². The van der Waals surface area contributed by atoms with E-state index in [0.29, 0.717) is 52.5 Å². The largest absolute Gasteiger partial charge is 0.383 e. The van der Waals surface area contributed by atoms with Crippen molar-refractivity contribution in [3.05, 3.63) is 18.0 Å². The van der Waals surface area contributed by atoms with Gasteiger partial charge in [-0.05, 0) is 6.07 Å². The van der Waals surface area contributed by atoms with Crippen LogP contribution in [0.1, 0.15) is 10.5 Å². The Morgan fingerprint density at radius 2 is 2.08 bits per heavy atom. The molecule has 10 heteroatoms. The summed E-state index contributed by atoms with van der Waals surface area (Å²) in [5, 5.41) is 5.82. The first-order valence-electron chi connectivity index (χ1n) is 7.80. The minimum atomic E-state index is -3.59. The summed E-state index contributed by atoms with van der Waals surface area (Å²) in [5.74, 6) is -0.341. The van der Waals surface area contributed by atoms with Gasteiger partial charge in [0, 0.05) is 46.0 Å². The maximum Gasteiger partial charge on any atom is 0.267 e. The normalized spacial score (nSPS) is 16.2. The number of aromatic nitrogens is 1. The fourth-order valence-corrected chi connectivity index (χ4v) is 3.65. The van der Waals surface area contributed by atoms with Crippen LogP contribution in [0, 0.1) is 0 Å². The van der Waals surface area contributed by atoms with Gasteiger partial charge in [0.15, 0.2) is 0 Å². The third-order valence-electron chi connectivity index (χ3n) is 3.58. The number of hydrogen-bond acceptors (Lipinski definition) is 6. The molecule has 0 aromatic carbocycles. The Balaban J connectivity index is 1.86. The first-order chi connectivity index (χ1) is 11.6. The highest BCUT2D eigenvalue weighted by Gasteiger charge is 2.27. The molecule has 0 saturated carbocycles. The van der Waals surface area contributed by atoms with Gasteiger partial charge in [-0.15, -0.1) is 0 Å². The van der Waals surface area contributed by atoms with Gasteiger partial charge in [-0.25, -0.2) is 8.42 Å². The molecule has 0 unspecified atom stereocenters. The lowest BCUT2D eigenvalue weighted by molar-refractivity contribution is 0.0730. The third kappa shape index (κ3) is 5.02. The molecule has 24 heavy (non-hydrogen) atoms. The number of ether oxygens (including phenoxy) is 2. The third-order valence-corrected chi connectivity index (χ3v) is 5.46. The number of aromatic amines is 1. The highest BCUT2D eigenvalue weighted by atomic mass is 32.2. The van der Waals surface area contributed by atoms with Crippen molar-refractivity contribution in [3.63, 3.8) is 0 Å². The van der Waals surface area contributed by atoms with Gasteiger partial charge in [-0.3, -0.25) is 4.79 Å². The van der Waals surface area contributed by atoms with Crippen LogP contribution < -0.4 is 10.6 Å². The first-order valence-corrected chi connectivity index (χ1v) is 9.24. The molecule has 1 aliphatic rings. The lowest BCUT2D eigenvalue weighted by Gasteiger charge is -2.25. The average molecular weight is 360 g/mol. The smallest absolute Gasteiger partial charge is 0.267 e. The van der Waals surface area contributed by atoms with Crippen LogP contribution >= 0.6 is 0 Å². The van der Waals surface area contributed by atoms with Crippen LogP contribution in [0.4, 0.5) is 0 Å². The SMILES string of the molecule is COCCNCCNC(=O)c1cc(S(=O)(=O)N2CCOCC2)c[nH]1. The second kappa shape index (κ2) is 9.14. The Bertz CT molecular complexity index is 625. The molecule has 136 valence electrons. The fourth-order valence-electron chi connectivity index (χ4n) is 2.25. The Labute approximate surface area is 141 Å². The number of sulfonamides is 1. The number of rotatable bonds is 9. The lowest BCUT2D eigenvalue weighted by Crippen LogP contribution is -2.40. The van der Waals surface area contributed by atoms with Crippen molar-refractivity contribution in [2.24, 2.45) is 0 Å². The molecule has 3 N–H and O–H groups in total. The molecule has 0 radical (unpaired) electrons. The number of carbonyl (C=O) groups is 1. The number of morpholine rings is 1. The van der Waals surface area contributed by atoms with E-state index in [4.69, 9.17) is 9.47 Å². The average Bonchev–Trinajstić information content (AvgIpc) is 3.09. The lowest BCUT2D eigenvalue weighted by atomic mass is 10.4. The van der Waals surface area contributed by atoms with Crippen molar-refractivity contribution in [2.75, 3.05) is 59.7 Å². The van der Waals surface area contributed by atoms with Crippen LogP contribution in [0.25, 0.3) is 0 Å². The van der Waals surface area contributed by atoms with Crippen LogP contribution in [0.15, 0.2) is 17.2 Å². The van der Waals surface area contributed by atoms with Gasteiger partial charge in [0.1, 0.15) is 10.6 Å². The van der Waals surface area contributed by atoms with E-state index in [-0.39, 0.29) is 16.5 Å². The summed E-state index contributed by atoms with van der Waals surface area (Å²) in [4.78, 5) is 14.8. The molecule has 2 rings (SSSR count). The van der Waals surface area contributed by atoms with Gasteiger partial charge in [-0.1, -0.05) is 0 Å². The second-order valence-electron chi connectivity index (χ2n) is 5.26. The van der Waals surface area contributed by atoms with Crippen molar-refractivity contribution in [3.8, 4) is 0 Å². The number of H-pyrrole nitrogens is 1. The van der Waals surface area contributed by atoms with Gasteiger partial charge >= 0.3 is 0 Å². The first kappa shape index (κ1) is 18.9. The monoisotopic (exact) mass is 360 g/mol. The maximum atomic E-state index is 12.5. The number of methoxy groups -OCH3 is 1. The fraction of sp³-hybridized carbons (Fsp3) is 0.643. The molecule has 9 nitrogen and oxygen atoms in total. The van der Waals surface area contributed by atoms with Crippen LogP contribution in [0.3, 0.4) is 0 Å². The molecule has 0 atom stereocenters. The van der Waals surface area contributed by atoms with E-state index in [1.165, 1.54) is 16.6 Å². The molecular weight excluding hydrogens is 336 g/mol. The van der Waals surface area contributed by atoms with Crippen molar-refractivity contribution < 1.29 is 22.7 Å². The summed E-state index contributed by atoms with van der Waals surface area (Å²) in [5.41, 5.74) is 0.221. The van der Waals surface area contributed by atoms with Crippen LogP contribution in [0.2, 0.25) is 0 Å². The molecule has 1 aromatic heterocycles. The molecule has 1 saturated heterocycles. The summed E-state index contributed by atoms with van der Waals surface area (Å²) < 4.78 is 36.4. The van der Waals surface area contributed by atoms with E-state index >= 15 is 0 Å². The van der Waals surface area contributed by atoms with Gasteiger partial charge in [0.05, 0.1) is 19.8 Å². The quantitative estimate of drug-likeness (QED) is 0.487. The molecule has 0 bridgehead atoms. The Kier molecular flexibility index (Phi) is 7.18. The Hall–Kier alpha value is -1.46. The Morgan fingerprint density at radius 1 is 1.33 bits per heavy atom. The van der Waals surface area contributed by atoms with Gasteiger partial charge in [0.2, 0.25) is 10.0 Å². The number of carbonyl (C=O) groups excluding carboxylic acids is 1. The van der Waals surface area contributed by atoms with Crippen molar-refractivity contribution in [1.82, 2.24) is 19.9 Å². The van der Waals surface area contributed by atoms with E-state index < -0.39 is 10.0 Å². The predicted octanol–water partition coefficient (Wildman–Crippen LogP) is -0.999. The number of amides is 1. The van der Waals surface area contributed by atoms with E-state index in [1.807, 2.05) is 0 Å². The van der Waals surface area contributed by atoms with E-state index in [0.717, 1.165) is 0 Å². The molecule has 1 aliphatic heterocycles. The van der Waals surface area contributed by atoms with E-state index in [1.54, 1.807) is 7.11 Å². The maximum absolute atomic E-state index is 12.5. The molecule has 1 fully saturated rings. The van der Waals surface area contributed by atoms with Crippen LogP contribution in [-0.2, 0) is 19.5 Å². The predicted molar refractivity (Wildman–Crippen MR) is 87.4 cm³/mol. The highest BCUT2D eigenvalue weighted by Crippen LogP contribution is 2.17.